The summed E-state index contributed by atoms with van der Waals surface area (Å²) in [7, 11) is 0. The van der Waals surface area contributed by atoms with E-state index in [2.05, 4.69) is 19.1 Å². The van der Waals surface area contributed by atoms with Crippen molar-refractivity contribution in [1.82, 2.24) is 0 Å². The van der Waals surface area contributed by atoms with Crippen molar-refractivity contribution in [1.29, 1.82) is 5.26 Å². The molecule has 0 aromatic carbocycles. The van der Waals surface area contributed by atoms with E-state index >= 15 is 0 Å². The van der Waals surface area contributed by atoms with Crippen LogP contribution in [0.25, 0.3) is 0 Å². The molecule has 2 nitrogen and oxygen atoms in total. The Kier molecular flexibility index (Phi) is 2.17. The van der Waals surface area contributed by atoms with Crippen LogP contribution in [0.5, 0.6) is 0 Å². The molecule has 1 atom stereocenters. The summed E-state index contributed by atoms with van der Waals surface area (Å²) in [6.45, 7) is 2.08. The Morgan fingerprint density at radius 3 is 3.00 bits per heavy atom. The number of ketones is 1. The first-order chi connectivity index (χ1) is 7.17. The average molecular weight is 197 g/mol. The van der Waals surface area contributed by atoms with Crippen LogP contribution >= 0.6 is 0 Å². The smallest absolute Gasteiger partial charge is 0.262 e. The van der Waals surface area contributed by atoms with Crippen molar-refractivity contribution < 1.29 is 4.79 Å². The van der Waals surface area contributed by atoms with E-state index in [0.717, 1.165) is 12.0 Å². The number of hydrogen-bond acceptors (Lipinski definition) is 2. The Bertz CT molecular complexity index is 471. The largest absolute Gasteiger partial charge is 0.277 e. The standard InChI is InChI=1S/C13H11NO/c1-13-7-3-2-6-11(13)10(5-4-8-13)12(15)9-14/h2-6,8H,7H2,1H3. The summed E-state index contributed by atoms with van der Waals surface area (Å²) in [5.74, 6) is -0.452. The summed E-state index contributed by atoms with van der Waals surface area (Å²) < 4.78 is 0. The van der Waals surface area contributed by atoms with Gasteiger partial charge in [-0.15, -0.1) is 0 Å². The molecule has 2 aliphatic rings. The van der Waals surface area contributed by atoms with E-state index in [1.807, 2.05) is 18.2 Å². The number of nitriles is 1. The lowest BCUT2D eigenvalue weighted by molar-refractivity contribution is -0.110. The van der Waals surface area contributed by atoms with Crippen molar-refractivity contribution in [3.8, 4) is 6.07 Å². The normalized spacial score (nSPS) is 27.5. The van der Waals surface area contributed by atoms with Crippen molar-refractivity contribution in [3.05, 3.63) is 47.6 Å². The number of rotatable bonds is 1. The first-order valence-corrected chi connectivity index (χ1v) is 4.89. The number of allylic oxidation sites excluding steroid dienone is 8. The van der Waals surface area contributed by atoms with E-state index in [0.29, 0.717) is 5.57 Å². The van der Waals surface area contributed by atoms with Gasteiger partial charge in [-0.05, 0) is 12.0 Å². The van der Waals surface area contributed by atoms with Crippen LogP contribution in [0.15, 0.2) is 47.6 Å². The predicted octanol–water partition coefficient (Wildman–Crippen LogP) is 2.47. The Morgan fingerprint density at radius 1 is 1.47 bits per heavy atom. The van der Waals surface area contributed by atoms with E-state index in [-0.39, 0.29) is 5.41 Å². The fraction of sp³-hybridized carbons (Fsp3) is 0.231. The molecular weight excluding hydrogens is 186 g/mol. The van der Waals surface area contributed by atoms with Gasteiger partial charge in [0.1, 0.15) is 6.07 Å². The molecule has 0 bridgehead atoms. The van der Waals surface area contributed by atoms with E-state index in [1.54, 1.807) is 12.1 Å². The minimum absolute atomic E-state index is 0.120. The molecule has 0 saturated carbocycles. The van der Waals surface area contributed by atoms with Gasteiger partial charge in [-0.25, -0.2) is 0 Å². The van der Waals surface area contributed by atoms with E-state index in [4.69, 9.17) is 5.26 Å². The first kappa shape index (κ1) is 9.67. The van der Waals surface area contributed by atoms with Gasteiger partial charge < -0.3 is 0 Å². The minimum atomic E-state index is -0.452. The number of nitrogens with zero attached hydrogens (tertiary/aromatic N) is 1. The van der Waals surface area contributed by atoms with Gasteiger partial charge in [0, 0.05) is 11.0 Å². The van der Waals surface area contributed by atoms with Crippen LogP contribution in [-0.2, 0) is 4.79 Å². The zero-order chi connectivity index (χ0) is 10.9. The number of carbonyl (C=O) groups is 1. The summed E-state index contributed by atoms with van der Waals surface area (Å²) in [5, 5.41) is 8.65. The summed E-state index contributed by atoms with van der Waals surface area (Å²) >= 11 is 0. The van der Waals surface area contributed by atoms with Crippen LogP contribution in [0, 0.1) is 16.7 Å². The van der Waals surface area contributed by atoms with Crippen LogP contribution in [0.1, 0.15) is 13.3 Å². The third-order valence-electron chi connectivity index (χ3n) is 2.92. The fourth-order valence-corrected chi connectivity index (χ4v) is 2.04. The Balaban J connectivity index is 2.51. The number of carbonyl (C=O) groups excluding carboxylic acids is 1. The van der Waals surface area contributed by atoms with Gasteiger partial charge in [0.2, 0.25) is 0 Å². The van der Waals surface area contributed by atoms with Crippen LogP contribution in [0.3, 0.4) is 0 Å². The SMILES string of the molecule is CC12C=CC=C(C(=O)C#N)C1=CC=CC2. The molecule has 0 spiro atoms. The first-order valence-electron chi connectivity index (χ1n) is 4.89. The number of hydrogen-bond donors (Lipinski definition) is 0. The lowest BCUT2D eigenvalue weighted by atomic mass is 9.70. The van der Waals surface area contributed by atoms with E-state index < -0.39 is 5.78 Å². The van der Waals surface area contributed by atoms with E-state index in [1.165, 1.54) is 0 Å². The summed E-state index contributed by atoms with van der Waals surface area (Å²) in [6.07, 6.45) is 12.5. The van der Waals surface area contributed by atoms with Crippen molar-refractivity contribution in [3.63, 3.8) is 0 Å². The van der Waals surface area contributed by atoms with Crippen LogP contribution < -0.4 is 0 Å². The molecule has 1 unspecified atom stereocenters. The molecule has 0 heterocycles. The molecule has 0 aromatic heterocycles. The lowest BCUT2D eigenvalue weighted by Gasteiger charge is -2.32. The minimum Gasteiger partial charge on any atom is -0.277 e. The third kappa shape index (κ3) is 1.46. The molecule has 2 rings (SSSR count). The van der Waals surface area contributed by atoms with Crippen molar-refractivity contribution in [2.45, 2.75) is 13.3 Å². The summed E-state index contributed by atoms with van der Waals surface area (Å²) in [5.41, 5.74) is 1.37. The summed E-state index contributed by atoms with van der Waals surface area (Å²) in [4.78, 5) is 11.4. The molecule has 0 N–H and O–H groups in total. The van der Waals surface area contributed by atoms with Crippen LogP contribution in [0.4, 0.5) is 0 Å². The van der Waals surface area contributed by atoms with Crippen molar-refractivity contribution in [2.75, 3.05) is 0 Å². The highest BCUT2D eigenvalue weighted by molar-refractivity contribution is 6.10. The molecule has 74 valence electrons. The maximum absolute atomic E-state index is 11.4. The molecule has 0 amide bonds. The maximum Gasteiger partial charge on any atom is 0.262 e. The molecule has 2 aliphatic carbocycles. The molecular formula is C13H11NO. The fourth-order valence-electron chi connectivity index (χ4n) is 2.04. The monoisotopic (exact) mass is 197 g/mol. The topological polar surface area (TPSA) is 40.9 Å². The van der Waals surface area contributed by atoms with Gasteiger partial charge in [-0.1, -0.05) is 43.4 Å². The Morgan fingerprint density at radius 2 is 2.27 bits per heavy atom. The maximum atomic E-state index is 11.4. The van der Waals surface area contributed by atoms with Crippen molar-refractivity contribution in [2.24, 2.45) is 5.41 Å². The molecule has 2 heteroatoms. The zero-order valence-electron chi connectivity index (χ0n) is 8.53. The zero-order valence-corrected chi connectivity index (χ0v) is 8.53. The van der Waals surface area contributed by atoms with Gasteiger partial charge in [0.15, 0.2) is 0 Å². The average Bonchev–Trinajstić information content (AvgIpc) is 2.26. The van der Waals surface area contributed by atoms with Gasteiger partial charge in [0.25, 0.3) is 5.78 Å². The molecule has 0 aromatic rings. The van der Waals surface area contributed by atoms with E-state index in [9.17, 15) is 4.79 Å². The Labute approximate surface area is 88.9 Å². The molecule has 15 heavy (non-hydrogen) atoms. The quantitative estimate of drug-likeness (QED) is 0.606. The Hall–Kier alpha value is -1.88. The number of fused-ring (bicyclic) bond motifs is 1. The third-order valence-corrected chi connectivity index (χ3v) is 2.92. The lowest BCUT2D eigenvalue weighted by Crippen LogP contribution is -2.23. The molecule has 0 aliphatic heterocycles. The molecule has 0 radical (unpaired) electrons. The molecule has 0 fully saturated rings. The second kappa shape index (κ2) is 3.36. The highest BCUT2D eigenvalue weighted by atomic mass is 16.1. The van der Waals surface area contributed by atoms with Gasteiger partial charge in [0.05, 0.1) is 0 Å². The highest BCUT2D eigenvalue weighted by Crippen LogP contribution is 2.42. The highest BCUT2D eigenvalue weighted by Gasteiger charge is 2.32. The van der Waals surface area contributed by atoms with Crippen LogP contribution in [-0.4, -0.2) is 5.78 Å². The van der Waals surface area contributed by atoms with Gasteiger partial charge in [-0.3, -0.25) is 4.79 Å². The van der Waals surface area contributed by atoms with Gasteiger partial charge in [-0.2, -0.15) is 5.26 Å². The predicted molar refractivity (Wildman–Crippen MR) is 57.8 cm³/mol. The van der Waals surface area contributed by atoms with Crippen molar-refractivity contribution >= 4 is 5.78 Å². The van der Waals surface area contributed by atoms with Crippen LogP contribution in [0.2, 0.25) is 0 Å². The second-order valence-electron chi connectivity index (χ2n) is 4.01. The summed E-state index contributed by atoms with van der Waals surface area (Å²) in [6, 6.07) is 1.68. The van der Waals surface area contributed by atoms with Gasteiger partial charge >= 0.3 is 0 Å². The number of Topliss-reactive ketones (excluding diaryl/α,β-unsaturated/α-hetero) is 1. The molecule has 0 saturated heterocycles. The second-order valence-corrected chi connectivity index (χ2v) is 4.01.